The third-order valence-electron chi connectivity index (χ3n) is 19.9. The molecule has 0 aromatic carbocycles. The molecule has 25 heteroatoms. The average molecular weight is 1290 g/mol. The van der Waals surface area contributed by atoms with Gasteiger partial charge in [0.1, 0.15) is 45.5 Å². The highest BCUT2D eigenvalue weighted by Gasteiger charge is 2.57. The number of carbonyl (C=O) groups is 6. The lowest BCUT2D eigenvalue weighted by atomic mass is 9.74. The van der Waals surface area contributed by atoms with Crippen molar-refractivity contribution in [2.75, 3.05) is 62.1 Å². The van der Waals surface area contributed by atoms with Crippen molar-refractivity contribution in [3.05, 3.63) is 77.9 Å². The molecule has 2 saturated carbocycles. The highest BCUT2D eigenvalue weighted by atomic mass is 35.5. The molecule has 3 N–H and O–H groups in total. The van der Waals surface area contributed by atoms with Crippen LogP contribution >= 0.6 is 11.6 Å². The Morgan fingerprint density at radius 3 is 1.38 bits per heavy atom. The number of halogens is 1. The molecule has 4 unspecified atom stereocenters. The molecule has 6 aliphatic heterocycles. The number of aromatic nitrogens is 8. The summed E-state index contributed by atoms with van der Waals surface area (Å²) in [5, 5.41) is 5.14. The molecule has 0 radical (unpaired) electrons. The fourth-order valence-corrected chi connectivity index (χ4v) is 16.3. The number of fused-ring (bicyclic) bond motifs is 6. The number of carbonyl (C=O) groups excluding carboxylic acids is 6. The lowest BCUT2D eigenvalue weighted by molar-refractivity contribution is -0.119. The highest BCUT2D eigenvalue weighted by molar-refractivity contribution is 6.28. The van der Waals surface area contributed by atoms with Crippen molar-refractivity contribution in [1.82, 2.24) is 58.6 Å². The molecule has 6 aromatic heterocycles. The summed E-state index contributed by atoms with van der Waals surface area (Å²) in [5.41, 5.74) is 8.80. The Bertz CT molecular complexity index is 3800. The normalized spacial score (nSPS) is 24.5. The number of hydrogen-bond donors (Lipinski definition) is 2. The standard InChI is InChI=1S/C34H44N8O4.C20H28N4O3.C14H17ClN4O/c1-33(2,3)46-32(45)41-23-10-11-24(41)16-34(15-23)17-28(43)40(20-34)25-12-13-27(35-19-25)37-31-36-18-21-14-26(30(44)39(4)5)42(29(21)38-31)22-8-6-7-9-22;1-19(2,3)27-18(26)24-13-4-5-14(24)9-20(8-13)10-17(25)23(12-20)15-6-7-16(21)22-11-15;1-18(2)13(20)11-7-9-8-16-14(15)17-12(9)19(11)10-5-3-4-6-10/h12-14,18-19,22-24H,6-11,15-17,20H2,1-5H3,(H,35,36,37,38);6-7,11,13-14H,4-5,8-10,12H2,1-3H3,(H2,21,22);7-8,10H,3-6H2,1-2H3. The fourth-order valence-electron chi connectivity index (χ4n) is 16.1. The molecule has 2 aliphatic carbocycles. The molecule has 6 aromatic rings. The Morgan fingerprint density at radius 1 is 0.559 bits per heavy atom. The minimum absolute atomic E-state index is 0.00831. The number of pyridine rings is 2. The molecule has 12 heterocycles. The molecule has 6 amide bonds. The lowest BCUT2D eigenvalue weighted by Gasteiger charge is -2.44. The van der Waals surface area contributed by atoms with Gasteiger partial charge in [-0.05, 0) is 167 Å². The Morgan fingerprint density at radius 2 is 0.978 bits per heavy atom. The summed E-state index contributed by atoms with van der Waals surface area (Å²) in [4.78, 5) is 114. The number of nitrogens with two attached hydrogens (primary N) is 1. The van der Waals surface area contributed by atoms with Crippen molar-refractivity contribution in [3.8, 4) is 0 Å². The van der Waals surface area contributed by atoms with Gasteiger partial charge in [-0.1, -0.05) is 25.7 Å². The van der Waals surface area contributed by atoms with Crippen LogP contribution in [0.1, 0.15) is 190 Å². The van der Waals surface area contributed by atoms with Gasteiger partial charge in [-0.3, -0.25) is 19.2 Å². The van der Waals surface area contributed by atoms with Crippen LogP contribution in [0.4, 0.5) is 38.5 Å². The largest absolute Gasteiger partial charge is 0.444 e. The molecule has 24 nitrogen and oxygen atoms in total. The molecule has 2 spiro atoms. The van der Waals surface area contributed by atoms with Crippen LogP contribution < -0.4 is 20.9 Å². The summed E-state index contributed by atoms with van der Waals surface area (Å²) in [7, 11) is 7.05. The van der Waals surface area contributed by atoms with E-state index in [2.05, 4.69) is 39.4 Å². The summed E-state index contributed by atoms with van der Waals surface area (Å²) in [6.45, 7) is 12.7. The van der Waals surface area contributed by atoms with Gasteiger partial charge in [0.25, 0.3) is 11.8 Å². The fraction of sp³-hybridized carbons (Fsp3) is 0.588. The minimum atomic E-state index is -0.532. The minimum Gasteiger partial charge on any atom is -0.444 e. The number of anilines is 5. The number of rotatable bonds is 8. The first-order valence-electron chi connectivity index (χ1n) is 33.1. The maximum Gasteiger partial charge on any atom is 0.410 e. The zero-order chi connectivity index (χ0) is 66.1. The van der Waals surface area contributed by atoms with E-state index in [0.717, 1.165) is 123 Å². The van der Waals surface area contributed by atoms with Crippen LogP contribution in [0.5, 0.6) is 0 Å². The van der Waals surface area contributed by atoms with E-state index in [9.17, 15) is 28.8 Å². The molecule has 6 saturated heterocycles. The van der Waals surface area contributed by atoms with Crippen molar-refractivity contribution in [3.63, 3.8) is 0 Å². The molecule has 8 fully saturated rings. The summed E-state index contributed by atoms with van der Waals surface area (Å²) in [6.07, 6.45) is 23.5. The summed E-state index contributed by atoms with van der Waals surface area (Å²) in [6, 6.07) is 12.2. The topological polar surface area (TPSA) is 266 Å². The molecular weight excluding hydrogens is 1200 g/mol. The zero-order valence-corrected chi connectivity index (χ0v) is 56.1. The van der Waals surface area contributed by atoms with Gasteiger partial charge in [0.15, 0.2) is 0 Å². The SMILES string of the molecule is CC(C)(C)OC(=O)N1C2CCC1CC1(CC(=O)N(c3ccc(N)nc3)C1)C2.CN(C)C(=O)c1cc2cnc(Cl)nc2n1C1CCCC1.CN(C)C(=O)c1cc2cnc(Nc3ccc(N4CC5(CC4=O)CC4CCC(C5)N4C(=O)OC(C)(C)C)cn3)nc2n1C1CCCC1. The van der Waals surface area contributed by atoms with Crippen LogP contribution in [-0.4, -0.2) is 171 Å². The molecule has 496 valence electrons. The van der Waals surface area contributed by atoms with E-state index in [-0.39, 0.29) is 82.1 Å². The van der Waals surface area contributed by atoms with Crippen molar-refractivity contribution >= 4 is 98.4 Å². The van der Waals surface area contributed by atoms with E-state index in [1.165, 1.54) is 12.8 Å². The third-order valence-corrected chi connectivity index (χ3v) is 20.1. The number of ether oxygens (including phenoxy) is 2. The summed E-state index contributed by atoms with van der Waals surface area (Å²) in [5.74, 6) is 1.59. The van der Waals surface area contributed by atoms with Gasteiger partial charge in [-0.2, -0.15) is 9.97 Å². The Hall–Kier alpha value is -8.15. The maximum absolute atomic E-state index is 13.3. The predicted octanol–water partition coefficient (Wildman–Crippen LogP) is 11.5. The van der Waals surface area contributed by atoms with Crippen LogP contribution in [0.3, 0.4) is 0 Å². The van der Waals surface area contributed by atoms with Gasteiger partial charge in [0.2, 0.25) is 23.0 Å². The lowest BCUT2D eigenvalue weighted by Crippen LogP contribution is -2.52. The molecule has 8 aliphatic rings. The van der Waals surface area contributed by atoms with E-state index < -0.39 is 11.2 Å². The first-order valence-corrected chi connectivity index (χ1v) is 33.4. The van der Waals surface area contributed by atoms with Gasteiger partial charge >= 0.3 is 12.2 Å². The first kappa shape index (κ1) is 64.9. The second-order valence-electron chi connectivity index (χ2n) is 29.6. The van der Waals surface area contributed by atoms with E-state index in [0.29, 0.717) is 60.9 Å². The Balaban J connectivity index is 0.000000149. The van der Waals surface area contributed by atoms with E-state index in [1.54, 1.807) is 68.8 Å². The molecule has 14 rings (SSSR count). The Kier molecular flexibility index (Phi) is 17.7. The molecular formula is C68H89ClN16O8. The first-order chi connectivity index (χ1) is 44.1. The third kappa shape index (κ3) is 13.5. The van der Waals surface area contributed by atoms with Crippen LogP contribution in [-0.2, 0) is 19.1 Å². The molecule has 4 bridgehead atoms. The number of nitrogens with zero attached hydrogens (tertiary/aromatic N) is 14. The zero-order valence-electron chi connectivity index (χ0n) is 55.4. The van der Waals surface area contributed by atoms with E-state index in [1.807, 2.05) is 91.5 Å². The summed E-state index contributed by atoms with van der Waals surface area (Å²) >= 11 is 5.92. The molecule has 93 heavy (non-hydrogen) atoms. The van der Waals surface area contributed by atoms with Gasteiger partial charge in [-0.25, -0.2) is 29.5 Å². The number of hydrogen-bond acceptors (Lipinski definition) is 16. The number of nitrogen functional groups attached to an aromatic ring is 1. The van der Waals surface area contributed by atoms with Crippen molar-refractivity contribution in [1.29, 1.82) is 0 Å². The second kappa shape index (κ2) is 25.3. The van der Waals surface area contributed by atoms with Gasteiger partial charge in [0, 0.05) is 124 Å². The van der Waals surface area contributed by atoms with Gasteiger partial charge in [0.05, 0.1) is 23.8 Å². The quantitative estimate of drug-likeness (QED) is 0.134. The Labute approximate surface area is 548 Å². The van der Waals surface area contributed by atoms with Crippen LogP contribution in [0.15, 0.2) is 61.2 Å². The maximum atomic E-state index is 13.3. The summed E-state index contributed by atoms with van der Waals surface area (Å²) < 4.78 is 15.5. The number of nitrogens with one attached hydrogen (secondary N) is 1. The smallest absolute Gasteiger partial charge is 0.410 e. The number of piperidine rings is 2. The number of amides is 6. The predicted molar refractivity (Wildman–Crippen MR) is 354 cm³/mol. The van der Waals surface area contributed by atoms with Crippen LogP contribution in [0.25, 0.3) is 22.1 Å². The monoisotopic (exact) mass is 1290 g/mol. The van der Waals surface area contributed by atoms with Crippen LogP contribution in [0.2, 0.25) is 5.28 Å². The van der Waals surface area contributed by atoms with Gasteiger partial charge < -0.3 is 59.1 Å². The van der Waals surface area contributed by atoms with Crippen molar-refractivity contribution in [2.45, 2.75) is 205 Å². The second-order valence-corrected chi connectivity index (χ2v) is 29.9. The average Bonchev–Trinajstić information content (AvgIpc) is 1.66. The van der Waals surface area contributed by atoms with Crippen LogP contribution in [0, 0.1) is 10.8 Å². The van der Waals surface area contributed by atoms with E-state index in [4.69, 9.17) is 31.8 Å². The molecule has 4 atom stereocenters. The highest BCUT2D eigenvalue weighted by Crippen LogP contribution is 2.53. The van der Waals surface area contributed by atoms with Gasteiger partial charge in [-0.15, -0.1) is 0 Å². The van der Waals surface area contributed by atoms with Crippen molar-refractivity contribution < 1.29 is 38.2 Å². The van der Waals surface area contributed by atoms with E-state index >= 15 is 0 Å². The van der Waals surface area contributed by atoms with Crippen molar-refractivity contribution in [2.24, 2.45) is 10.8 Å².